The number of nitro benzene ring substituents is 1. The summed E-state index contributed by atoms with van der Waals surface area (Å²) in [6.45, 7) is 0.00600. The van der Waals surface area contributed by atoms with Gasteiger partial charge in [0.2, 0.25) is 10.0 Å². The Kier molecular flexibility index (Phi) is 5.03. The number of anilines is 1. The molecule has 0 aromatic heterocycles. The van der Waals surface area contributed by atoms with Crippen LogP contribution in [-0.2, 0) is 16.6 Å². The van der Waals surface area contributed by atoms with Gasteiger partial charge in [-0.25, -0.2) is 12.8 Å². The van der Waals surface area contributed by atoms with E-state index in [0.717, 1.165) is 16.6 Å². The Labute approximate surface area is 138 Å². The molecule has 0 aliphatic carbocycles. The molecule has 0 heterocycles. The number of hydrogen-bond acceptors (Lipinski definition) is 5. The molecule has 0 amide bonds. The molecule has 2 aromatic rings. The van der Waals surface area contributed by atoms with Crippen molar-refractivity contribution in [3.63, 3.8) is 0 Å². The van der Waals surface area contributed by atoms with Crippen LogP contribution in [0.4, 0.5) is 15.8 Å². The van der Waals surface area contributed by atoms with E-state index in [-0.39, 0.29) is 23.7 Å². The molecule has 0 bridgehead atoms. The van der Waals surface area contributed by atoms with E-state index in [9.17, 15) is 22.9 Å². The van der Waals surface area contributed by atoms with Crippen molar-refractivity contribution in [2.75, 3.05) is 17.6 Å². The number of sulfonamides is 1. The minimum atomic E-state index is -3.57. The molecule has 0 N–H and O–H groups in total. The van der Waals surface area contributed by atoms with Gasteiger partial charge in [0, 0.05) is 13.1 Å². The smallest absolute Gasteiger partial charge is 0.273 e. The third-order valence-corrected chi connectivity index (χ3v) is 4.49. The normalized spacial score (nSPS) is 11.1. The molecule has 0 aliphatic rings. The number of rotatable bonds is 6. The summed E-state index contributed by atoms with van der Waals surface area (Å²) < 4.78 is 42.8. The van der Waals surface area contributed by atoms with Crippen molar-refractivity contribution in [3.8, 4) is 5.75 Å². The van der Waals surface area contributed by atoms with E-state index >= 15 is 0 Å². The van der Waals surface area contributed by atoms with Crippen molar-refractivity contribution in [1.82, 2.24) is 0 Å². The summed E-state index contributed by atoms with van der Waals surface area (Å²) in [7, 11) is -2.25. The molecule has 0 atom stereocenters. The molecule has 0 saturated carbocycles. The highest BCUT2D eigenvalue weighted by atomic mass is 32.2. The van der Waals surface area contributed by atoms with Crippen LogP contribution in [0.1, 0.15) is 5.56 Å². The Morgan fingerprint density at radius 3 is 2.38 bits per heavy atom. The first-order valence-corrected chi connectivity index (χ1v) is 8.63. The Bertz CT molecular complexity index is 853. The number of benzene rings is 2. The van der Waals surface area contributed by atoms with Crippen molar-refractivity contribution in [1.29, 1.82) is 0 Å². The molecule has 7 nitrogen and oxygen atoms in total. The molecule has 128 valence electrons. The zero-order chi connectivity index (χ0) is 17.9. The molecular formula is C15H15FN2O5S. The summed E-state index contributed by atoms with van der Waals surface area (Å²) in [6.07, 6.45) is 1.01. The molecule has 0 aliphatic heterocycles. The first-order valence-electron chi connectivity index (χ1n) is 6.78. The van der Waals surface area contributed by atoms with Gasteiger partial charge in [0.15, 0.2) is 5.75 Å². The van der Waals surface area contributed by atoms with Crippen LogP contribution in [0, 0.1) is 15.9 Å². The highest BCUT2D eigenvalue weighted by molar-refractivity contribution is 7.92. The quantitative estimate of drug-likeness (QED) is 0.588. The molecule has 0 fully saturated rings. The fraction of sp³-hybridized carbons (Fsp3) is 0.200. The van der Waals surface area contributed by atoms with Gasteiger partial charge in [0.25, 0.3) is 5.69 Å². The van der Waals surface area contributed by atoms with Crippen molar-refractivity contribution in [2.45, 2.75) is 6.61 Å². The van der Waals surface area contributed by atoms with Gasteiger partial charge in [-0.05, 0) is 23.8 Å². The molecule has 0 unspecified atom stereocenters. The number of nitro groups is 1. The zero-order valence-corrected chi connectivity index (χ0v) is 13.8. The van der Waals surface area contributed by atoms with Gasteiger partial charge >= 0.3 is 0 Å². The number of non-ortho nitro benzene ring substituents is 1. The first kappa shape index (κ1) is 17.7. The van der Waals surface area contributed by atoms with E-state index in [1.54, 1.807) is 0 Å². The minimum Gasteiger partial charge on any atom is -0.486 e. The third kappa shape index (κ3) is 4.19. The molecule has 0 radical (unpaired) electrons. The number of hydrogen-bond donors (Lipinski definition) is 0. The van der Waals surface area contributed by atoms with Gasteiger partial charge in [-0.1, -0.05) is 12.1 Å². The van der Waals surface area contributed by atoms with Crippen LogP contribution in [0.3, 0.4) is 0 Å². The molecule has 0 saturated heterocycles. The molecule has 0 spiro atoms. The lowest BCUT2D eigenvalue weighted by Crippen LogP contribution is -2.25. The van der Waals surface area contributed by atoms with Crippen LogP contribution in [0.5, 0.6) is 5.75 Å². The van der Waals surface area contributed by atoms with E-state index < -0.39 is 20.8 Å². The second-order valence-electron chi connectivity index (χ2n) is 5.05. The molecule has 2 rings (SSSR count). The van der Waals surface area contributed by atoms with Crippen LogP contribution in [0.15, 0.2) is 42.5 Å². The summed E-state index contributed by atoms with van der Waals surface area (Å²) in [5.74, 6) is -0.354. The number of nitrogens with zero attached hydrogens (tertiary/aromatic N) is 2. The van der Waals surface area contributed by atoms with Gasteiger partial charge < -0.3 is 4.74 Å². The number of halogens is 1. The van der Waals surface area contributed by atoms with Gasteiger partial charge in [-0.3, -0.25) is 14.4 Å². The molecule has 24 heavy (non-hydrogen) atoms. The van der Waals surface area contributed by atoms with Crippen molar-refractivity contribution < 1.29 is 22.5 Å². The SMILES string of the molecule is CS(=O)(=O)N([11CH3])c1ccc([N+](=O)[O-])cc1OCc1ccc(F)cc1. The lowest BCUT2D eigenvalue weighted by atomic mass is 10.2. The molecular weight excluding hydrogens is 338 g/mol. The average molecular weight is 353 g/mol. The predicted molar refractivity (Wildman–Crippen MR) is 87.1 cm³/mol. The Hall–Kier alpha value is -2.68. The fourth-order valence-corrected chi connectivity index (χ4v) is 2.42. The minimum absolute atomic E-state index is 0.00600. The molecule has 9 heteroatoms. The highest BCUT2D eigenvalue weighted by Crippen LogP contribution is 2.33. The van der Waals surface area contributed by atoms with Crippen LogP contribution >= 0.6 is 0 Å². The maximum atomic E-state index is 12.9. The monoisotopic (exact) mass is 353 g/mol. The average Bonchev–Trinajstić information content (AvgIpc) is 2.52. The number of ether oxygens (including phenoxy) is 1. The maximum absolute atomic E-state index is 12.9. The first-order chi connectivity index (χ1) is 11.2. The fourth-order valence-electron chi connectivity index (χ4n) is 1.91. The maximum Gasteiger partial charge on any atom is 0.273 e. The Morgan fingerprint density at radius 1 is 1.21 bits per heavy atom. The summed E-state index contributed by atoms with van der Waals surface area (Å²) in [4.78, 5) is 10.3. The largest absolute Gasteiger partial charge is 0.486 e. The Balaban J connectivity index is 2.35. The second-order valence-corrected chi connectivity index (χ2v) is 7.07. The van der Waals surface area contributed by atoms with Gasteiger partial charge in [0.05, 0.1) is 22.9 Å². The van der Waals surface area contributed by atoms with Crippen LogP contribution in [0.2, 0.25) is 0 Å². The van der Waals surface area contributed by atoms with Crippen molar-refractivity contribution >= 4 is 21.4 Å². The lowest BCUT2D eigenvalue weighted by molar-refractivity contribution is -0.384. The van der Waals surface area contributed by atoms with Gasteiger partial charge in [0.1, 0.15) is 12.4 Å². The predicted octanol–water partition coefficient (Wildman–Crippen LogP) is 2.71. The topological polar surface area (TPSA) is 89.8 Å². The standard InChI is InChI=1S/C15H15FN2O5S/c1-17(24(2,21)22)14-8-7-13(18(19)20)9-15(14)23-10-11-3-5-12(16)6-4-11/h3-9H,10H2,1-2H3/i1-1. The summed E-state index contributed by atoms with van der Waals surface area (Å²) >= 11 is 0. The van der Waals surface area contributed by atoms with E-state index in [1.165, 1.54) is 43.4 Å². The van der Waals surface area contributed by atoms with Crippen LogP contribution < -0.4 is 9.04 Å². The zero-order valence-electron chi connectivity index (χ0n) is 13.0. The van der Waals surface area contributed by atoms with Crippen molar-refractivity contribution in [3.05, 3.63) is 64.0 Å². The molecule has 2 aromatic carbocycles. The van der Waals surface area contributed by atoms with E-state index in [0.29, 0.717) is 5.56 Å². The summed E-state index contributed by atoms with van der Waals surface area (Å²) in [5, 5.41) is 10.9. The van der Waals surface area contributed by atoms with E-state index in [4.69, 9.17) is 4.74 Å². The van der Waals surface area contributed by atoms with Gasteiger partial charge in [-0.15, -0.1) is 0 Å². The van der Waals surface area contributed by atoms with Crippen LogP contribution in [0.25, 0.3) is 0 Å². The van der Waals surface area contributed by atoms with E-state index in [1.807, 2.05) is 0 Å². The highest BCUT2D eigenvalue weighted by Gasteiger charge is 2.20. The Morgan fingerprint density at radius 2 is 1.83 bits per heavy atom. The van der Waals surface area contributed by atoms with Crippen molar-refractivity contribution in [2.24, 2.45) is 0 Å². The van der Waals surface area contributed by atoms with E-state index in [2.05, 4.69) is 0 Å². The van der Waals surface area contributed by atoms with Crippen LogP contribution in [-0.4, -0.2) is 26.6 Å². The van der Waals surface area contributed by atoms with Gasteiger partial charge in [-0.2, -0.15) is 0 Å². The second kappa shape index (κ2) is 6.83. The third-order valence-electron chi connectivity index (χ3n) is 3.30. The lowest BCUT2D eigenvalue weighted by Gasteiger charge is -2.20. The summed E-state index contributed by atoms with van der Waals surface area (Å²) in [5.41, 5.74) is 0.579. The summed E-state index contributed by atoms with van der Waals surface area (Å²) in [6, 6.07) is 9.19.